The number of nitrogens with one attached hydrogen (secondary N) is 2. The van der Waals surface area contributed by atoms with E-state index in [1.165, 1.54) is 12.3 Å². The molecule has 2 aliphatic rings. The van der Waals surface area contributed by atoms with Crippen LogP contribution < -0.4 is 10.6 Å². The molecule has 0 radical (unpaired) electrons. The molecule has 2 aromatic heterocycles. The molecule has 1 atom stereocenters. The second-order valence-corrected chi connectivity index (χ2v) is 10.2. The predicted molar refractivity (Wildman–Crippen MR) is 149 cm³/mol. The Balaban J connectivity index is 1.31. The Bertz CT molecular complexity index is 1540. The van der Waals surface area contributed by atoms with Gasteiger partial charge in [0.05, 0.1) is 30.2 Å². The first kappa shape index (κ1) is 29.0. The van der Waals surface area contributed by atoms with Crippen LogP contribution >= 0.6 is 0 Å². The highest BCUT2D eigenvalue weighted by Gasteiger charge is 2.47. The van der Waals surface area contributed by atoms with Gasteiger partial charge in [0.2, 0.25) is 5.91 Å². The van der Waals surface area contributed by atoms with Gasteiger partial charge in [0.15, 0.2) is 0 Å². The van der Waals surface area contributed by atoms with E-state index in [9.17, 15) is 23.2 Å². The molecule has 3 aromatic rings. The van der Waals surface area contributed by atoms with E-state index in [1.807, 2.05) is 18.0 Å². The topological polar surface area (TPSA) is 135 Å². The number of aromatic nitrogens is 2. The minimum atomic E-state index is -3.14. The Labute approximate surface area is 241 Å². The van der Waals surface area contributed by atoms with Gasteiger partial charge >= 0.3 is 0 Å². The maximum atomic E-state index is 13.7. The number of hydrogen-bond donors (Lipinski definition) is 2. The lowest BCUT2D eigenvalue weighted by atomic mass is 10.0. The Kier molecular flexibility index (Phi) is 8.37. The van der Waals surface area contributed by atoms with Crippen molar-refractivity contribution in [3.63, 3.8) is 0 Å². The van der Waals surface area contributed by atoms with E-state index in [4.69, 9.17) is 5.26 Å². The molecule has 13 heteroatoms. The number of likely N-dealkylation sites (tertiary alicyclic amines) is 1. The maximum Gasteiger partial charge on any atom is 0.286 e. The van der Waals surface area contributed by atoms with Gasteiger partial charge in [-0.3, -0.25) is 29.4 Å². The molecule has 218 valence electrons. The van der Waals surface area contributed by atoms with Crippen LogP contribution in [0.15, 0.2) is 48.8 Å². The molecule has 0 spiro atoms. The molecule has 5 rings (SSSR count). The van der Waals surface area contributed by atoms with Gasteiger partial charge in [-0.15, -0.1) is 0 Å². The number of hydrazine groups is 1. The summed E-state index contributed by atoms with van der Waals surface area (Å²) in [4.78, 5) is 48.3. The molecular weight excluding hydrogens is 546 g/mol. The third-order valence-corrected chi connectivity index (χ3v) is 7.41. The molecule has 0 saturated carbocycles. The second-order valence-electron chi connectivity index (χ2n) is 10.2. The number of nitrogens with zero attached hydrogens (tertiary/aromatic N) is 6. The Morgan fingerprint density at radius 3 is 2.60 bits per heavy atom. The monoisotopic (exact) mass is 576 g/mol. The van der Waals surface area contributed by atoms with Crippen molar-refractivity contribution in [1.82, 2.24) is 35.5 Å². The number of alkyl halides is 2. The van der Waals surface area contributed by atoms with E-state index in [0.717, 1.165) is 42.2 Å². The SMILES string of the molecule is CCN(C(=O)c1ccc(-c2ccc3nccc(C(=O)NCC(=O)N4CC(F)(F)CC4C#N)c3c2)cn1)N1CCNCC1. The van der Waals surface area contributed by atoms with Crippen molar-refractivity contribution in [1.29, 1.82) is 5.26 Å². The Morgan fingerprint density at radius 2 is 1.90 bits per heavy atom. The van der Waals surface area contributed by atoms with Crippen molar-refractivity contribution in [2.24, 2.45) is 0 Å². The number of benzene rings is 1. The van der Waals surface area contributed by atoms with Crippen molar-refractivity contribution >= 4 is 28.6 Å². The van der Waals surface area contributed by atoms with Gasteiger partial charge < -0.3 is 15.5 Å². The summed E-state index contributed by atoms with van der Waals surface area (Å²) in [6.45, 7) is 4.16. The molecule has 2 N–H and O–H groups in total. The first-order chi connectivity index (χ1) is 20.2. The van der Waals surface area contributed by atoms with Crippen molar-refractivity contribution in [3.05, 3.63) is 60.0 Å². The van der Waals surface area contributed by atoms with Crippen molar-refractivity contribution in [2.45, 2.75) is 25.3 Å². The van der Waals surface area contributed by atoms with E-state index >= 15 is 0 Å². The minimum absolute atomic E-state index is 0.180. The van der Waals surface area contributed by atoms with Crippen LogP contribution in [0, 0.1) is 11.3 Å². The first-order valence-electron chi connectivity index (χ1n) is 13.7. The summed E-state index contributed by atoms with van der Waals surface area (Å²) in [7, 11) is 0. The third kappa shape index (κ3) is 6.05. The van der Waals surface area contributed by atoms with Crippen LogP contribution in [0.4, 0.5) is 8.78 Å². The number of carbonyl (C=O) groups is 3. The molecule has 42 heavy (non-hydrogen) atoms. The van der Waals surface area contributed by atoms with Crippen LogP contribution in [0.2, 0.25) is 0 Å². The maximum absolute atomic E-state index is 13.7. The van der Waals surface area contributed by atoms with E-state index in [0.29, 0.717) is 23.1 Å². The normalized spacial score (nSPS) is 18.4. The molecule has 0 aliphatic carbocycles. The summed E-state index contributed by atoms with van der Waals surface area (Å²) in [5, 5.41) is 19.1. The summed E-state index contributed by atoms with van der Waals surface area (Å²) < 4.78 is 27.5. The Morgan fingerprint density at radius 1 is 1.14 bits per heavy atom. The molecule has 1 unspecified atom stereocenters. The van der Waals surface area contributed by atoms with Gasteiger partial charge in [-0.25, -0.2) is 13.8 Å². The molecule has 1 aromatic carbocycles. The van der Waals surface area contributed by atoms with Crippen LogP contribution in [0.25, 0.3) is 22.0 Å². The highest BCUT2D eigenvalue weighted by Crippen LogP contribution is 2.31. The van der Waals surface area contributed by atoms with Gasteiger partial charge in [-0.1, -0.05) is 12.1 Å². The second kappa shape index (κ2) is 12.1. The number of rotatable bonds is 7. The largest absolute Gasteiger partial charge is 0.343 e. The van der Waals surface area contributed by atoms with Crippen LogP contribution in [0.3, 0.4) is 0 Å². The molecule has 0 bridgehead atoms. The summed E-state index contributed by atoms with van der Waals surface area (Å²) in [6, 6.07) is 10.8. The highest BCUT2D eigenvalue weighted by atomic mass is 19.3. The summed E-state index contributed by atoms with van der Waals surface area (Å²) in [6.07, 6.45) is 2.34. The number of amides is 3. The quantitative estimate of drug-likeness (QED) is 0.437. The fourth-order valence-corrected chi connectivity index (χ4v) is 5.26. The molecule has 11 nitrogen and oxygen atoms in total. The molecule has 4 heterocycles. The van der Waals surface area contributed by atoms with E-state index in [1.54, 1.807) is 41.5 Å². The van der Waals surface area contributed by atoms with Gasteiger partial charge in [0.25, 0.3) is 17.7 Å². The minimum Gasteiger partial charge on any atom is -0.343 e. The van der Waals surface area contributed by atoms with Crippen molar-refractivity contribution in [2.75, 3.05) is 45.8 Å². The highest BCUT2D eigenvalue weighted by molar-refractivity contribution is 6.07. The fraction of sp³-hybridized carbons (Fsp3) is 0.379. The number of hydrogen-bond acceptors (Lipinski definition) is 8. The zero-order valence-electron chi connectivity index (χ0n) is 23.0. The van der Waals surface area contributed by atoms with Gasteiger partial charge in [-0.2, -0.15) is 5.26 Å². The zero-order chi connectivity index (χ0) is 29.9. The van der Waals surface area contributed by atoms with E-state index in [-0.39, 0.29) is 11.5 Å². The summed E-state index contributed by atoms with van der Waals surface area (Å²) in [5.41, 5.74) is 2.56. The molecular formula is C29H30F2N8O3. The summed E-state index contributed by atoms with van der Waals surface area (Å²) in [5.74, 6) is -4.66. The fourth-order valence-electron chi connectivity index (χ4n) is 5.26. The predicted octanol–water partition coefficient (Wildman–Crippen LogP) is 2.07. The van der Waals surface area contributed by atoms with Crippen LogP contribution in [0.5, 0.6) is 0 Å². The molecule has 2 saturated heterocycles. The standard InChI is InChI=1S/C29H30F2N8O3/c1-2-39(37-11-9-33-10-12-37)28(42)25-6-4-20(16-35-25)19-3-5-24-23(13-19)22(7-8-34-24)27(41)36-17-26(40)38-18-29(30,31)14-21(38)15-32/h3-8,13,16,21,33H,2,9-12,14,17-18H2,1H3,(H,36,41). The van der Waals surface area contributed by atoms with Crippen molar-refractivity contribution in [3.8, 4) is 17.2 Å². The average molecular weight is 577 g/mol. The first-order valence-corrected chi connectivity index (χ1v) is 13.7. The average Bonchev–Trinajstić information content (AvgIpc) is 3.34. The third-order valence-electron chi connectivity index (χ3n) is 7.41. The van der Waals surface area contributed by atoms with Crippen LogP contribution in [-0.2, 0) is 4.79 Å². The number of halogens is 2. The van der Waals surface area contributed by atoms with Gasteiger partial charge in [-0.05, 0) is 36.8 Å². The number of piperazine rings is 1. The van der Waals surface area contributed by atoms with Gasteiger partial charge in [0, 0.05) is 62.5 Å². The van der Waals surface area contributed by atoms with Gasteiger partial charge in [0.1, 0.15) is 11.7 Å². The lowest BCUT2D eigenvalue weighted by molar-refractivity contribution is -0.131. The number of pyridine rings is 2. The number of carbonyl (C=O) groups excluding carboxylic acids is 3. The lowest BCUT2D eigenvalue weighted by Crippen LogP contribution is -2.54. The summed E-state index contributed by atoms with van der Waals surface area (Å²) >= 11 is 0. The molecule has 3 amide bonds. The zero-order valence-corrected chi connectivity index (χ0v) is 23.0. The van der Waals surface area contributed by atoms with E-state index < -0.39 is 43.3 Å². The van der Waals surface area contributed by atoms with Crippen LogP contribution in [0.1, 0.15) is 34.2 Å². The Hall–Kier alpha value is -4.54. The number of fused-ring (bicyclic) bond motifs is 1. The van der Waals surface area contributed by atoms with E-state index in [2.05, 4.69) is 20.6 Å². The lowest BCUT2D eigenvalue weighted by Gasteiger charge is -2.36. The van der Waals surface area contributed by atoms with Crippen molar-refractivity contribution < 1.29 is 23.2 Å². The smallest absolute Gasteiger partial charge is 0.286 e. The number of nitriles is 1. The van der Waals surface area contributed by atoms with Crippen LogP contribution in [-0.4, -0.2) is 100 Å². The molecule has 2 aliphatic heterocycles. The molecule has 2 fully saturated rings.